The quantitative estimate of drug-likeness (QED) is 0.465. The minimum absolute atomic E-state index is 0.0450. The van der Waals surface area contributed by atoms with Crippen LogP contribution in [0, 0.1) is 33.5 Å². The Bertz CT molecular complexity index is 1400. The van der Waals surface area contributed by atoms with E-state index in [9.17, 15) is 35.5 Å². The van der Waals surface area contributed by atoms with E-state index < -0.39 is 41.9 Å². The van der Waals surface area contributed by atoms with Crippen molar-refractivity contribution in [2.24, 2.45) is 33.5 Å². The maximum Gasteiger partial charge on any atom is 0.291 e. The summed E-state index contributed by atoms with van der Waals surface area (Å²) < 4.78 is 70.7. The van der Waals surface area contributed by atoms with E-state index in [1.807, 2.05) is 27.7 Å². The first-order valence-corrected chi connectivity index (χ1v) is 15.8. The fourth-order valence-electron chi connectivity index (χ4n) is 8.34. The second-order valence-electron chi connectivity index (χ2n) is 12.6. The molecule has 4 atom stereocenters. The highest BCUT2D eigenvalue weighted by Gasteiger charge is 2.68. The van der Waals surface area contributed by atoms with Gasteiger partial charge in [-0.1, -0.05) is 52.0 Å². The summed E-state index contributed by atoms with van der Waals surface area (Å²) in [7, 11) is -9.40. The summed E-state index contributed by atoms with van der Waals surface area (Å²) in [6.07, 6.45) is 5.30. The van der Waals surface area contributed by atoms with Gasteiger partial charge in [-0.2, -0.15) is 16.8 Å². The van der Waals surface area contributed by atoms with Crippen LogP contribution in [0.3, 0.4) is 0 Å². The fourth-order valence-corrected chi connectivity index (χ4v) is 10.7. The van der Waals surface area contributed by atoms with Gasteiger partial charge in [0.15, 0.2) is 0 Å². The van der Waals surface area contributed by atoms with Crippen molar-refractivity contribution in [2.45, 2.75) is 66.2 Å². The second-order valence-corrected chi connectivity index (χ2v) is 15.4. The van der Waals surface area contributed by atoms with Crippen LogP contribution in [0.1, 0.15) is 77.3 Å². The average Bonchev–Trinajstić information content (AvgIpc) is 3.34. The molecule has 4 aliphatic rings. The van der Waals surface area contributed by atoms with Crippen molar-refractivity contribution in [3.05, 3.63) is 45.2 Å². The first kappa shape index (κ1) is 27.4. The monoisotopic (exact) mass is 562 g/mol. The van der Waals surface area contributed by atoms with Crippen LogP contribution in [0.4, 0.5) is 0 Å². The molecular weight excluding hydrogens is 528 g/mol. The van der Waals surface area contributed by atoms with Gasteiger partial charge in [0, 0.05) is 12.8 Å². The zero-order chi connectivity index (χ0) is 28.1. The molecule has 0 aliphatic heterocycles. The van der Waals surface area contributed by atoms with Crippen molar-refractivity contribution in [1.82, 2.24) is 0 Å². The summed E-state index contributed by atoms with van der Waals surface area (Å²) in [5.74, 6) is -0.275. The Hall–Kier alpha value is -2.14. The van der Waals surface area contributed by atoms with Crippen LogP contribution in [0.2, 0.25) is 0 Å². The van der Waals surface area contributed by atoms with Gasteiger partial charge in [0.1, 0.15) is 11.6 Å². The van der Waals surface area contributed by atoms with Crippen LogP contribution in [-0.2, 0) is 29.8 Å². The first-order valence-electron chi connectivity index (χ1n) is 12.9. The normalized spacial score (nSPS) is 34.4. The van der Waals surface area contributed by atoms with Gasteiger partial charge in [0.25, 0.3) is 20.2 Å². The van der Waals surface area contributed by atoms with Crippen molar-refractivity contribution in [3.63, 3.8) is 0 Å². The number of benzene rings is 1. The Kier molecular flexibility index (Phi) is 5.91. The molecule has 38 heavy (non-hydrogen) atoms. The Labute approximate surface area is 224 Å². The summed E-state index contributed by atoms with van der Waals surface area (Å²) in [6, 6.07) is 6.24. The molecule has 8 nitrogen and oxygen atoms in total. The largest absolute Gasteiger partial charge is 0.299 e. The van der Waals surface area contributed by atoms with Gasteiger partial charge in [-0.3, -0.25) is 18.7 Å². The molecule has 0 spiro atoms. The molecule has 4 saturated carbocycles. The van der Waals surface area contributed by atoms with Gasteiger partial charge in [-0.05, 0) is 71.6 Å². The summed E-state index contributed by atoms with van der Waals surface area (Å²) in [4.78, 5) is 25.5. The summed E-state index contributed by atoms with van der Waals surface area (Å²) in [5, 5.41) is 0. The highest BCUT2D eigenvalue weighted by Crippen LogP contribution is 2.69. The summed E-state index contributed by atoms with van der Waals surface area (Å²) in [5.41, 5.74) is -3.03. The lowest BCUT2D eigenvalue weighted by atomic mass is 9.68. The molecule has 0 heterocycles. The number of ketones is 2. The Morgan fingerprint density at radius 3 is 1.24 bits per heavy atom. The molecule has 2 N–H and O–H groups in total. The molecule has 0 aromatic heterocycles. The lowest BCUT2D eigenvalue weighted by Gasteiger charge is -2.37. The van der Waals surface area contributed by atoms with E-state index in [1.54, 1.807) is 24.3 Å². The molecule has 1 aromatic rings. The van der Waals surface area contributed by atoms with E-state index in [4.69, 9.17) is 0 Å². The molecule has 4 fully saturated rings. The molecule has 0 amide bonds. The molecule has 206 valence electrons. The van der Waals surface area contributed by atoms with Gasteiger partial charge in [-0.25, -0.2) is 0 Å². The molecule has 1 aromatic carbocycles. The van der Waals surface area contributed by atoms with Gasteiger partial charge in [-0.15, -0.1) is 0 Å². The molecule has 4 unspecified atom stereocenters. The number of carbonyl (C=O) groups is 2. The third-order valence-electron chi connectivity index (χ3n) is 10.7. The molecule has 4 bridgehead atoms. The van der Waals surface area contributed by atoms with Crippen LogP contribution in [0.25, 0.3) is 12.2 Å². The lowest BCUT2D eigenvalue weighted by Crippen LogP contribution is -2.40. The standard InChI is InChI=1S/C28H34O8S2/c1-25(2)19-9-11-27(25,21(29)15-19)23(37(31,32)33)13-17-5-7-18(8-6-17)14-24(38(34,35)36)28-12-10-20(16-22(28)30)26(28,3)4/h5-8,13-14,19-20H,9-12,15-16H2,1-4H3,(H,31,32,33)(H,34,35,36)/b23-13-,24-14-. The molecule has 0 saturated heterocycles. The summed E-state index contributed by atoms with van der Waals surface area (Å²) in [6.45, 7) is 7.49. The zero-order valence-electron chi connectivity index (χ0n) is 22.0. The van der Waals surface area contributed by atoms with Gasteiger partial charge in [0.05, 0.1) is 20.6 Å². The number of Topliss-reactive ketones (excluding diaryl/α,β-unsaturated/α-hetero) is 2. The zero-order valence-corrected chi connectivity index (χ0v) is 23.7. The van der Waals surface area contributed by atoms with Gasteiger partial charge in [0.2, 0.25) is 0 Å². The summed E-state index contributed by atoms with van der Waals surface area (Å²) >= 11 is 0. The Balaban J connectivity index is 1.58. The van der Waals surface area contributed by atoms with E-state index in [1.165, 1.54) is 12.2 Å². The van der Waals surface area contributed by atoms with E-state index >= 15 is 0 Å². The smallest absolute Gasteiger partial charge is 0.291 e. The van der Waals surface area contributed by atoms with E-state index in [2.05, 4.69) is 0 Å². The highest BCUT2D eigenvalue weighted by atomic mass is 32.2. The molecule has 0 radical (unpaired) electrons. The van der Waals surface area contributed by atoms with Gasteiger partial charge < -0.3 is 0 Å². The molecular formula is C28H34O8S2. The number of hydrogen-bond donors (Lipinski definition) is 2. The number of rotatable bonds is 6. The van der Waals surface area contributed by atoms with Crippen LogP contribution in [0.15, 0.2) is 34.1 Å². The van der Waals surface area contributed by atoms with Crippen LogP contribution < -0.4 is 0 Å². The predicted octanol–water partition coefficient (Wildman–Crippen LogP) is 4.93. The highest BCUT2D eigenvalue weighted by molar-refractivity contribution is 7.90. The second kappa shape index (κ2) is 8.19. The number of hydrogen-bond acceptors (Lipinski definition) is 6. The van der Waals surface area contributed by atoms with Crippen LogP contribution in [-0.4, -0.2) is 37.5 Å². The molecule has 4 aliphatic carbocycles. The van der Waals surface area contributed by atoms with Gasteiger partial charge >= 0.3 is 0 Å². The Morgan fingerprint density at radius 1 is 0.711 bits per heavy atom. The van der Waals surface area contributed by atoms with Crippen LogP contribution >= 0.6 is 0 Å². The predicted molar refractivity (Wildman–Crippen MR) is 143 cm³/mol. The number of allylic oxidation sites excluding steroid dienone is 2. The van der Waals surface area contributed by atoms with Crippen molar-refractivity contribution in [1.29, 1.82) is 0 Å². The topological polar surface area (TPSA) is 143 Å². The SMILES string of the molecule is CC1(C)C2CCC1(/C(=C/c1ccc(/C=C(/C34CCC(CC3=O)C4(C)C)S(=O)(=O)O)cc1)S(=O)(=O)O)C(=O)C2. The van der Waals surface area contributed by atoms with E-state index in [0.717, 1.165) is 0 Å². The maximum atomic E-state index is 13.1. The minimum Gasteiger partial charge on any atom is -0.299 e. The molecule has 10 heteroatoms. The Morgan fingerprint density at radius 2 is 1.03 bits per heavy atom. The average molecular weight is 563 g/mol. The number of fused-ring (bicyclic) bond motifs is 4. The fraction of sp³-hybridized carbons (Fsp3) is 0.571. The van der Waals surface area contributed by atoms with Crippen molar-refractivity contribution in [2.75, 3.05) is 0 Å². The first-order chi connectivity index (χ1) is 17.4. The molecule has 5 rings (SSSR count). The minimum atomic E-state index is -4.70. The maximum absolute atomic E-state index is 13.1. The van der Waals surface area contributed by atoms with Crippen molar-refractivity contribution < 1.29 is 35.5 Å². The van der Waals surface area contributed by atoms with E-state index in [-0.39, 0.29) is 46.1 Å². The third kappa shape index (κ3) is 3.52. The van der Waals surface area contributed by atoms with E-state index in [0.29, 0.717) is 36.8 Å². The lowest BCUT2D eigenvalue weighted by molar-refractivity contribution is -0.127. The third-order valence-corrected chi connectivity index (χ3v) is 12.8. The van der Waals surface area contributed by atoms with Crippen molar-refractivity contribution in [3.8, 4) is 0 Å². The van der Waals surface area contributed by atoms with Crippen LogP contribution in [0.5, 0.6) is 0 Å². The number of carbonyl (C=O) groups excluding carboxylic acids is 2. The van der Waals surface area contributed by atoms with Crippen molar-refractivity contribution >= 4 is 44.0 Å².